The number of carboxylic acid groups (broad SMARTS) is 1. The number of carbonyl (C=O) groups is 1. The quantitative estimate of drug-likeness (QED) is 0.353. The van der Waals surface area contributed by atoms with E-state index in [4.69, 9.17) is 9.47 Å². The molecule has 1 aliphatic rings. The van der Waals surface area contributed by atoms with Gasteiger partial charge in [-0.2, -0.15) is 8.78 Å². The molecule has 13 heteroatoms. The number of ether oxygens (including phenoxy) is 2. The van der Waals surface area contributed by atoms with Gasteiger partial charge in [-0.1, -0.05) is 23.5 Å². The fraction of sp³-hybridized carbons (Fsp3) is 0.320. The number of carboxylic acids is 1. The predicted octanol–water partition coefficient (Wildman–Crippen LogP) is 4.02. The standard InChI is InChI=1S/C25H23F3N4O5S/c1-36-11-10-32-13-15(23(34)35)21(33)14-12-16(26)20(22(19(14)32)37-24(27)28)30-6-8-31(9-7-30)25-29-17-4-2-3-5-18(17)38-25/h2-5,12-13,24H,6-11H2,1H3,(H,34,35). The van der Waals surface area contributed by atoms with Crippen molar-refractivity contribution in [1.82, 2.24) is 9.55 Å². The van der Waals surface area contributed by atoms with Gasteiger partial charge in [-0.25, -0.2) is 14.2 Å². The monoisotopic (exact) mass is 548 g/mol. The van der Waals surface area contributed by atoms with E-state index in [1.165, 1.54) is 23.0 Å². The van der Waals surface area contributed by atoms with Gasteiger partial charge in [0.25, 0.3) is 0 Å². The van der Waals surface area contributed by atoms with Crippen molar-refractivity contribution in [3.8, 4) is 5.75 Å². The van der Waals surface area contributed by atoms with Gasteiger partial charge in [0.05, 0.1) is 27.7 Å². The number of aromatic nitrogens is 2. The molecule has 0 unspecified atom stereocenters. The van der Waals surface area contributed by atoms with Crippen LogP contribution in [0.2, 0.25) is 0 Å². The van der Waals surface area contributed by atoms with Crippen molar-refractivity contribution in [1.29, 1.82) is 0 Å². The number of fused-ring (bicyclic) bond motifs is 2. The van der Waals surface area contributed by atoms with E-state index in [-0.39, 0.29) is 42.8 Å². The molecule has 1 N–H and O–H groups in total. The van der Waals surface area contributed by atoms with Gasteiger partial charge in [-0.3, -0.25) is 4.79 Å². The van der Waals surface area contributed by atoms with E-state index in [1.54, 1.807) is 4.90 Å². The molecule has 1 aliphatic heterocycles. The molecule has 2 aromatic carbocycles. The zero-order valence-electron chi connectivity index (χ0n) is 20.2. The molecule has 0 radical (unpaired) electrons. The van der Waals surface area contributed by atoms with Crippen LogP contribution in [0.1, 0.15) is 10.4 Å². The first-order chi connectivity index (χ1) is 18.3. The van der Waals surface area contributed by atoms with Crippen LogP contribution in [0, 0.1) is 5.82 Å². The second-order valence-corrected chi connectivity index (χ2v) is 9.62. The molecular formula is C25H23F3N4O5S. The van der Waals surface area contributed by atoms with Crippen LogP contribution in [-0.4, -0.2) is 67.1 Å². The summed E-state index contributed by atoms with van der Waals surface area (Å²) in [7, 11) is 1.41. The van der Waals surface area contributed by atoms with Crippen molar-refractivity contribution in [2.24, 2.45) is 0 Å². The molecule has 5 rings (SSSR count). The van der Waals surface area contributed by atoms with Crippen LogP contribution >= 0.6 is 11.3 Å². The number of benzene rings is 2. The van der Waals surface area contributed by atoms with E-state index >= 15 is 4.39 Å². The third kappa shape index (κ3) is 4.74. The molecule has 0 saturated carbocycles. The Morgan fingerprint density at radius 3 is 2.55 bits per heavy atom. The number of thiazole rings is 1. The Bertz CT molecular complexity index is 1530. The first kappa shape index (κ1) is 25.8. The number of pyridine rings is 1. The molecule has 2 aromatic heterocycles. The Balaban J connectivity index is 1.57. The molecule has 0 spiro atoms. The normalized spacial score (nSPS) is 14.1. The zero-order chi connectivity index (χ0) is 27.0. The van der Waals surface area contributed by atoms with Crippen molar-refractivity contribution < 1.29 is 32.5 Å². The van der Waals surface area contributed by atoms with Crippen LogP contribution in [0.4, 0.5) is 24.0 Å². The minimum Gasteiger partial charge on any atom is -0.477 e. The van der Waals surface area contributed by atoms with Gasteiger partial charge >= 0.3 is 12.6 Å². The highest BCUT2D eigenvalue weighted by Crippen LogP contribution is 2.40. The molecule has 200 valence electrons. The molecule has 1 fully saturated rings. The third-order valence-electron chi connectivity index (χ3n) is 6.37. The summed E-state index contributed by atoms with van der Waals surface area (Å²) in [6.07, 6.45) is 1.04. The number of para-hydroxylation sites is 1. The number of nitrogens with zero attached hydrogens (tertiary/aromatic N) is 4. The third-order valence-corrected chi connectivity index (χ3v) is 7.46. The van der Waals surface area contributed by atoms with E-state index in [0.717, 1.165) is 27.6 Å². The number of methoxy groups -OCH3 is 1. The van der Waals surface area contributed by atoms with Crippen molar-refractivity contribution in [3.63, 3.8) is 0 Å². The van der Waals surface area contributed by atoms with Gasteiger partial charge in [0.1, 0.15) is 11.3 Å². The number of halogens is 3. The van der Waals surface area contributed by atoms with E-state index in [0.29, 0.717) is 13.1 Å². The maximum Gasteiger partial charge on any atom is 0.387 e. The predicted molar refractivity (Wildman–Crippen MR) is 138 cm³/mol. The van der Waals surface area contributed by atoms with Gasteiger partial charge < -0.3 is 28.9 Å². The number of aromatic carboxylic acids is 1. The maximum absolute atomic E-state index is 15.6. The molecule has 9 nitrogen and oxygen atoms in total. The molecule has 4 aromatic rings. The molecule has 0 amide bonds. The first-order valence-corrected chi connectivity index (χ1v) is 12.5. The second kappa shape index (κ2) is 10.5. The van der Waals surface area contributed by atoms with Gasteiger partial charge in [0, 0.05) is 46.0 Å². The van der Waals surface area contributed by atoms with Crippen LogP contribution in [0.15, 0.2) is 41.3 Å². The van der Waals surface area contributed by atoms with Gasteiger partial charge in [0.15, 0.2) is 16.7 Å². The lowest BCUT2D eigenvalue weighted by Gasteiger charge is -2.37. The lowest BCUT2D eigenvalue weighted by atomic mass is 10.1. The number of alkyl halides is 2. The highest BCUT2D eigenvalue weighted by Gasteiger charge is 2.30. The number of anilines is 2. The molecule has 3 heterocycles. The van der Waals surface area contributed by atoms with Gasteiger partial charge in [0.2, 0.25) is 5.43 Å². The summed E-state index contributed by atoms with van der Waals surface area (Å²) in [5.41, 5.74) is -1.07. The minimum atomic E-state index is -3.31. The highest BCUT2D eigenvalue weighted by atomic mass is 32.1. The fourth-order valence-electron chi connectivity index (χ4n) is 4.62. The minimum absolute atomic E-state index is 0.0175. The molecular weight excluding hydrogens is 525 g/mol. The van der Waals surface area contributed by atoms with Crippen LogP contribution in [0.3, 0.4) is 0 Å². The SMILES string of the molecule is COCCn1cc(C(=O)O)c(=O)c2cc(F)c(N3CCN(c4nc5ccccc5s4)CC3)c(OC(F)F)c21. The van der Waals surface area contributed by atoms with Crippen LogP contribution < -0.4 is 20.0 Å². The number of hydrogen-bond acceptors (Lipinski definition) is 8. The Hall–Kier alpha value is -3.84. The van der Waals surface area contributed by atoms with E-state index in [9.17, 15) is 23.5 Å². The van der Waals surface area contributed by atoms with E-state index in [1.807, 2.05) is 29.2 Å². The van der Waals surface area contributed by atoms with Crippen molar-refractivity contribution >= 4 is 49.2 Å². The molecule has 0 aliphatic carbocycles. The zero-order valence-corrected chi connectivity index (χ0v) is 21.0. The number of piperazine rings is 1. The Kier molecular flexibility index (Phi) is 7.13. The summed E-state index contributed by atoms with van der Waals surface area (Å²) in [5, 5.41) is 9.92. The summed E-state index contributed by atoms with van der Waals surface area (Å²) in [5.74, 6) is -3.00. The fourth-order valence-corrected chi connectivity index (χ4v) is 5.64. The summed E-state index contributed by atoms with van der Waals surface area (Å²) in [4.78, 5) is 32.8. The lowest BCUT2D eigenvalue weighted by molar-refractivity contribution is -0.0488. The van der Waals surface area contributed by atoms with E-state index < -0.39 is 35.1 Å². The summed E-state index contributed by atoms with van der Waals surface area (Å²) >= 11 is 1.53. The largest absolute Gasteiger partial charge is 0.477 e. The number of rotatable bonds is 8. The van der Waals surface area contributed by atoms with Crippen LogP contribution in [-0.2, 0) is 11.3 Å². The summed E-state index contributed by atoms with van der Waals surface area (Å²) < 4.78 is 55.0. The molecule has 38 heavy (non-hydrogen) atoms. The molecule has 0 atom stereocenters. The molecule has 1 saturated heterocycles. The summed E-state index contributed by atoms with van der Waals surface area (Å²) in [6, 6.07) is 8.62. The van der Waals surface area contributed by atoms with Gasteiger partial charge in [-0.15, -0.1) is 0 Å². The smallest absolute Gasteiger partial charge is 0.387 e. The Labute approximate surface area is 218 Å². The topological polar surface area (TPSA) is 97.1 Å². The lowest BCUT2D eigenvalue weighted by Crippen LogP contribution is -2.47. The molecule has 0 bridgehead atoms. The summed E-state index contributed by atoms with van der Waals surface area (Å²) in [6.45, 7) is -1.78. The second-order valence-electron chi connectivity index (χ2n) is 8.61. The van der Waals surface area contributed by atoms with Crippen molar-refractivity contribution in [2.75, 3.05) is 49.7 Å². The number of hydrogen-bond donors (Lipinski definition) is 1. The van der Waals surface area contributed by atoms with Crippen LogP contribution in [0.25, 0.3) is 21.1 Å². The van der Waals surface area contributed by atoms with Crippen molar-refractivity contribution in [3.05, 3.63) is 58.1 Å². The van der Waals surface area contributed by atoms with Gasteiger partial charge in [-0.05, 0) is 18.2 Å². The average molecular weight is 549 g/mol. The first-order valence-electron chi connectivity index (χ1n) is 11.7. The maximum atomic E-state index is 15.6. The Morgan fingerprint density at radius 1 is 1.18 bits per heavy atom. The van der Waals surface area contributed by atoms with E-state index in [2.05, 4.69) is 4.98 Å². The highest BCUT2D eigenvalue weighted by molar-refractivity contribution is 7.22. The Morgan fingerprint density at radius 2 is 1.89 bits per heavy atom. The average Bonchev–Trinajstić information content (AvgIpc) is 3.33. The van der Waals surface area contributed by atoms with Crippen LogP contribution in [0.5, 0.6) is 5.75 Å². The van der Waals surface area contributed by atoms with Crippen molar-refractivity contribution in [2.45, 2.75) is 13.2 Å².